The number of amides is 1. The molecule has 0 saturated heterocycles. The molecular weight excluding hydrogens is 592 g/mol. The van der Waals surface area contributed by atoms with Crippen molar-refractivity contribution in [3.63, 3.8) is 0 Å². The third-order valence-corrected chi connectivity index (χ3v) is 10.4. The summed E-state index contributed by atoms with van der Waals surface area (Å²) in [5.41, 5.74) is 9.28. The summed E-state index contributed by atoms with van der Waals surface area (Å²) in [4.78, 5) is 16.3. The van der Waals surface area contributed by atoms with E-state index in [0.29, 0.717) is 12.2 Å². The Morgan fingerprint density at radius 1 is 1.11 bits per heavy atom. The second-order valence-corrected chi connectivity index (χ2v) is 12.6. The fourth-order valence-electron chi connectivity index (χ4n) is 7.31. The number of fused-ring (bicyclic) bond motifs is 2. The first-order chi connectivity index (χ1) is 17.9. The summed E-state index contributed by atoms with van der Waals surface area (Å²) in [6, 6.07) is 12.6. The largest absolute Gasteiger partial charge is 0.507 e. The Hall–Kier alpha value is -2.57. The highest BCUT2D eigenvalue weighted by Crippen LogP contribution is 2.56. The molecule has 188 valence electrons. The minimum absolute atomic E-state index is 0.00298. The van der Waals surface area contributed by atoms with Gasteiger partial charge in [-0.05, 0) is 94.4 Å². The van der Waals surface area contributed by atoms with Crippen LogP contribution < -0.4 is 10.2 Å². The molecule has 6 heteroatoms. The van der Waals surface area contributed by atoms with Crippen LogP contribution in [0.2, 0.25) is 0 Å². The molecule has 3 heterocycles. The minimum atomic E-state index is -0.613. The van der Waals surface area contributed by atoms with Gasteiger partial charge in [0.25, 0.3) is 0 Å². The summed E-state index contributed by atoms with van der Waals surface area (Å²) in [5, 5.41) is 14.9. The van der Waals surface area contributed by atoms with E-state index in [1.807, 2.05) is 6.07 Å². The SMILES string of the molecule is Cc1c(Br)cc(Br)c2c1C(C1(Cc3cc4c5c(c3O)CCCN5CCC4)C=Cc3ccccc31)C(=O)N2. The molecule has 3 aliphatic heterocycles. The fraction of sp³-hybridized carbons (Fsp3) is 0.323. The van der Waals surface area contributed by atoms with Crippen LogP contribution in [0.25, 0.3) is 6.08 Å². The lowest BCUT2D eigenvalue weighted by Gasteiger charge is -2.39. The zero-order valence-electron chi connectivity index (χ0n) is 20.7. The number of nitrogens with one attached hydrogen (secondary N) is 1. The molecular formula is C31H28Br2N2O2. The number of aromatic hydroxyl groups is 1. The highest BCUT2D eigenvalue weighted by Gasteiger charge is 2.51. The lowest BCUT2D eigenvalue weighted by Crippen LogP contribution is -2.38. The fourth-order valence-corrected chi connectivity index (χ4v) is 8.60. The molecule has 1 amide bonds. The van der Waals surface area contributed by atoms with Gasteiger partial charge < -0.3 is 15.3 Å². The van der Waals surface area contributed by atoms with Crippen molar-refractivity contribution in [1.29, 1.82) is 0 Å². The standard InChI is InChI=1S/C31H28Br2N2O2/c1-17-23(32)15-24(33)27-25(17)26(30(37)34-27)31(11-10-18-6-2-3-9-22(18)31)16-20-14-19-7-4-12-35-13-5-8-21(28(19)35)29(20)36/h2-3,6,9-11,14-15,26,36H,4-5,7-8,12-13,16H2,1H3,(H,34,37). The second-order valence-electron chi connectivity index (χ2n) is 10.9. The summed E-state index contributed by atoms with van der Waals surface area (Å²) >= 11 is 7.41. The quantitative estimate of drug-likeness (QED) is 0.327. The van der Waals surface area contributed by atoms with E-state index in [2.05, 4.69) is 91.5 Å². The first-order valence-corrected chi connectivity index (χ1v) is 14.7. The third kappa shape index (κ3) is 3.34. The Morgan fingerprint density at radius 2 is 1.89 bits per heavy atom. The van der Waals surface area contributed by atoms with E-state index < -0.39 is 11.3 Å². The first-order valence-electron chi connectivity index (χ1n) is 13.1. The van der Waals surface area contributed by atoms with Crippen molar-refractivity contribution >= 4 is 55.2 Å². The van der Waals surface area contributed by atoms with Gasteiger partial charge in [-0.3, -0.25) is 4.79 Å². The van der Waals surface area contributed by atoms with Crippen molar-refractivity contribution in [2.45, 2.75) is 50.4 Å². The van der Waals surface area contributed by atoms with Crippen LogP contribution in [0.15, 0.2) is 51.4 Å². The van der Waals surface area contributed by atoms with Gasteiger partial charge in [-0.1, -0.05) is 58.4 Å². The van der Waals surface area contributed by atoms with Gasteiger partial charge in [0.2, 0.25) is 5.91 Å². The van der Waals surface area contributed by atoms with E-state index in [1.165, 1.54) is 11.3 Å². The van der Waals surface area contributed by atoms with Crippen molar-refractivity contribution in [3.8, 4) is 5.75 Å². The molecule has 2 atom stereocenters. The summed E-state index contributed by atoms with van der Waals surface area (Å²) in [6.07, 6.45) is 9.10. The van der Waals surface area contributed by atoms with E-state index >= 15 is 0 Å². The molecule has 4 nitrogen and oxygen atoms in total. The number of allylic oxidation sites excluding steroid dienone is 1. The van der Waals surface area contributed by atoms with Crippen molar-refractivity contribution in [2.24, 2.45) is 0 Å². The van der Waals surface area contributed by atoms with Crippen LogP contribution in [-0.4, -0.2) is 24.1 Å². The smallest absolute Gasteiger partial charge is 0.233 e. The Balaban J connectivity index is 1.45. The van der Waals surface area contributed by atoms with Crippen molar-refractivity contribution in [3.05, 3.63) is 90.4 Å². The van der Waals surface area contributed by atoms with Gasteiger partial charge in [-0.2, -0.15) is 0 Å². The number of benzene rings is 3. The number of hydrogen-bond donors (Lipinski definition) is 2. The van der Waals surface area contributed by atoms with Gasteiger partial charge in [-0.15, -0.1) is 0 Å². The van der Waals surface area contributed by atoms with Gasteiger partial charge in [-0.25, -0.2) is 0 Å². The molecule has 0 spiro atoms. The number of aryl methyl sites for hydroxylation is 1. The molecule has 3 aromatic rings. The molecule has 4 aliphatic rings. The summed E-state index contributed by atoms with van der Waals surface area (Å²) < 4.78 is 1.86. The number of halogens is 2. The molecule has 3 aromatic carbocycles. The van der Waals surface area contributed by atoms with Crippen LogP contribution in [0.1, 0.15) is 57.7 Å². The van der Waals surface area contributed by atoms with Gasteiger partial charge in [0.15, 0.2) is 0 Å². The Labute approximate surface area is 234 Å². The topological polar surface area (TPSA) is 52.6 Å². The molecule has 7 rings (SSSR count). The van der Waals surface area contributed by atoms with Crippen LogP contribution >= 0.6 is 31.9 Å². The Morgan fingerprint density at radius 3 is 2.73 bits per heavy atom. The molecule has 0 aromatic heterocycles. The number of rotatable bonds is 3. The molecule has 2 N–H and O–H groups in total. The average Bonchev–Trinajstić information content (AvgIpc) is 3.45. The van der Waals surface area contributed by atoms with Gasteiger partial charge in [0.05, 0.1) is 11.6 Å². The number of phenols is 1. The zero-order valence-corrected chi connectivity index (χ0v) is 23.9. The number of carbonyl (C=O) groups is 1. The number of hydrogen-bond acceptors (Lipinski definition) is 3. The predicted octanol–water partition coefficient (Wildman–Crippen LogP) is 7.17. The lowest BCUT2D eigenvalue weighted by atomic mass is 9.65. The van der Waals surface area contributed by atoms with Gasteiger partial charge in [0.1, 0.15) is 5.75 Å². The highest BCUT2D eigenvalue weighted by atomic mass is 79.9. The second kappa shape index (κ2) is 8.47. The normalized spacial score (nSPS) is 23.1. The molecule has 0 radical (unpaired) electrons. The maximum absolute atomic E-state index is 13.9. The van der Waals surface area contributed by atoms with Crippen LogP contribution in [0.3, 0.4) is 0 Å². The molecule has 37 heavy (non-hydrogen) atoms. The van der Waals surface area contributed by atoms with Crippen LogP contribution in [0, 0.1) is 6.92 Å². The van der Waals surface area contributed by atoms with E-state index in [9.17, 15) is 9.90 Å². The minimum Gasteiger partial charge on any atom is -0.507 e. The highest BCUT2D eigenvalue weighted by molar-refractivity contribution is 9.11. The number of phenolic OH excluding ortho intramolecular Hbond substituents is 1. The maximum Gasteiger partial charge on any atom is 0.233 e. The van der Waals surface area contributed by atoms with E-state index in [1.54, 1.807) is 0 Å². The van der Waals surface area contributed by atoms with E-state index in [4.69, 9.17) is 0 Å². The summed E-state index contributed by atoms with van der Waals surface area (Å²) in [6.45, 7) is 4.22. The molecule has 2 unspecified atom stereocenters. The van der Waals surface area contributed by atoms with Gasteiger partial charge >= 0.3 is 0 Å². The lowest BCUT2D eigenvalue weighted by molar-refractivity contribution is -0.118. The van der Waals surface area contributed by atoms with E-state index in [-0.39, 0.29) is 5.91 Å². The average molecular weight is 620 g/mol. The summed E-state index contributed by atoms with van der Waals surface area (Å²) in [5.74, 6) is 0.0102. The van der Waals surface area contributed by atoms with Gasteiger partial charge in [0, 0.05) is 38.7 Å². The van der Waals surface area contributed by atoms with Crippen molar-refractivity contribution in [1.82, 2.24) is 0 Å². The van der Waals surface area contributed by atoms with Crippen molar-refractivity contribution < 1.29 is 9.90 Å². The predicted molar refractivity (Wildman–Crippen MR) is 156 cm³/mol. The molecule has 0 bridgehead atoms. The van der Waals surface area contributed by atoms with Crippen molar-refractivity contribution in [2.75, 3.05) is 23.3 Å². The monoisotopic (exact) mass is 618 g/mol. The van der Waals surface area contributed by atoms with E-state index in [0.717, 1.165) is 86.8 Å². The molecule has 0 fully saturated rings. The maximum atomic E-state index is 13.9. The first kappa shape index (κ1) is 23.5. The number of carbonyl (C=O) groups excluding carboxylic acids is 1. The van der Waals surface area contributed by atoms with Crippen LogP contribution in [0.5, 0.6) is 5.75 Å². The molecule has 1 aliphatic carbocycles. The molecule has 0 saturated carbocycles. The Bertz CT molecular complexity index is 1530. The summed E-state index contributed by atoms with van der Waals surface area (Å²) in [7, 11) is 0. The third-order valence-electron chi connectivity index (χ3n) is 8.92. The Kier molecular flexibility index (Phi) is 5.39. The van der Waals surface area contributed by atoms with Crippen LogP contribution in [-0.2, 0) is 29.5 Å². The number of nitrogens with zero attached hydrogens (tertiary/aromatic N) is 1. The zero-order chi connectivity index (χ0) is 25.5. The van der Waals surface area contributed by atoms with Crippen LogP contribution in [0.4, 0.5) is 11.4 Å². The number of anilines is 2.